The molecule has 3 saturated carbocycles. The van der Waals surface area contributed by atoms with Gasteiger partial charge in [-0.15, -0.1) is 0 Å². The molecule has 0 spiro atoms. The zero-order chi connectivity index (χ0) is 22.0. The van der Waals surface area contributed by atoms with Gasteiger partial charge in [0.15, 0.2) is 0 Å². The number of ether oxygens (including phenoxy) is 1. The minimum absolute atomic E-state index is 0.165. The van der Waals surface area contributed by atoms with E-state index >= 15 is 0 Å². The van der Waals surface area contributed by atoms with Gasteiger partial charge in [0.1, 0.15) is 5.75 Å². The molecule has 168 valence electrons. The molecule has 2 nitrogen and oxygen atoms in total. The second-order valence-corrected chi connectivity index (χ2v) is 12.8. The molecule has 1 aromatic rings. The Morgan fingerprint density at radius 1 is 1.19 bits per heavy atom. The van der Waals surface area contributed by atoms with Gasteiger partial charge in [0, 0.05) is 21.6 Å². The normalized spacial score (nSPS) is 44.9. The van der Waals surface area contributed by atoms with Crippen LogP contribution in [0.3, 0.4) is 0 Å². The lowest BCUT2D eigenvalue weighted by atomic mass is 9.46. The summed E-state index contributed by atoms with van der Waals surface area (Å²) in [7, 11) is 0. The number of allylic oxidation sites excluding steroid dienone is 1. The average molecular weight is 459 g/mol. The Morgan fingerprint density at radius 2 is 2.00 bits per heavy atom. The van der Waals surface area contributed by atoms with Gasteiger partial charge < -0.3 is 4.74 Å². The third kappa shape index (κ3) is 3.50. The van der Waals surface area contributed by atoms with Crippen molar-refractivity contribution in [1.82, 2.24) is 0 Å². The maximum Gasteiger partial charge on any atom is 0.212 e. The van der Waals surface area contributed by atoms with Crippen molar-refractivity contribution in [3.05, 3.63) is 41.4 Å². The van der Waals surface area contributed by atoms with Crippen molar-refractivity contribution in [1.29, 1.82) is 0 Å². The van der Waals surface area contributed by atoms with E-state index in [1.807, 2.05) is 30.3 Å². The number of hydrogen-bond acceptors (Lipinski definition) is 3. The predicted molar refractivity (Wildman–Crippen MR) is 129 cm³/mol. The van der Waals surface area contributed by atoms with Gasteiger partial charge in [-0.2, -0.15) is 0 Å². The van der Waals surface area contributed by atoms with E-state index < -0.39 is 0 Å². The predicted octanol–water partition coefficient (Wildman–Crippen LogP) is 7.41. The first-order valence-electron chi connectivity index (χ1n) is 12.0. The molecule has 1 unspecified atom stereocenters. The highest BCUT2D eigenvalue weighted by Gasteiger charge is 2.62. The Labute approximate surface area is 196 Å². The Morgan fingerprint density at radius 3 is 2.77 bits per heavy atom. The summed E-state index contributed by atoms with van der Waals surface area (Å²) in [6, 6.07) is 7.82. The summed E-state index contributed by atoms with van der Waals surface area (Å²) in [6.07, 6.45) is 10.6. The number of hydrogen-bond donors (Lipinski definition) is 0. The largest absolute Gasteiger partial charge is 0.490 e. The second kappa shape index (κ2) is 7.83. The minimum atomic E-state index is 0.165. The first-order chi connectivity index (χ1) is 14.7. The molecule has 4 aliphatic rings. The van der Waals surface area contributed by atoms with Crippen molar-refractivity contribution in [3.63, 3.8) is 0 Å². The van der Waals surface area contributed by atoms with E-state index in [-0.39, 0.29) is 16.6 Å². The molecule has 9 atom stereocenters. The van der Waals surface area contributed by atoms with Crippen LogP contribution in [-0.4, -0.2) is 16.5 Å². The third-order valence-electron chi connectivity index (χ3n) is 9.66. The number of thioether (sulfide) groups is 1. The third-order valence-corrected chi connectivity index (χ3v) is 11.3. The highest BCUT2D eigenvalue weighted by molar-refractivity contribution is 8.14. The van der Waals surface area contributed by atoms with Gasteiger partial charge in [0.05, 0.1) is 6.10 Å². The highest BCUT2D eigenvalue weighted by atomic mass is 35.5. The first-order valence-corrected chi connectivity index (χ1v) is 13.3. The van der Waals surface area contributed by atoms with Crippen molar-refractivity contribution in [2.75, 3.05) is 0 Å². The molecule has 4 heteroatoms. The number of carbonyl (C=O) groups excluding carboxylic acids is 1. The molecule has 1 aliphatic heterocycles. The van der Waals surface area contributed by atoms with E-state index in [1.165, 1.54) is 32.1 Å². The van der Waals surface area contributed by atoms with Crippen LogP contribution in [0.1, 0.15) is 59.8 Å². The lowest BCUT2D eigenvalue weighted by Crippen LogP contribution is -2.56. The molecule has 0 N–H and O–H groups in total. The van der Waals surface area contributed by atoms with Gasteiger partial charge >= 0.3 is 0 Å². The number of benzene rings is 1. The Kier molecular flexibility index (Phi) is 5.53. The molecule has 31 heavy (non-hydrogen) atoms. The van der Waals surface area contributed by atoms with Crippen molar-refractivity contribution >= 4 is 28.5 Å². The summed E-state index contributed by atoms with van der Waals surface area (Å²) < 4.78 is 6.44. The zero-order valence-electron chi connectivity index (χ0n) is 19.1. The van der Waals surface area contributed by atoms with Crippen LogP contribution in [0, 0.1) is 40.4 Å². The van der Waals surface area contributed by atoms with Gasteiger partial charge in [-0.1, -0.05) is 56.3 Å². The topological polar surface area (TPSA) is 26.3 Å². The van der Waals surface area contributed by atoms with Gasteiger partial charge in [0.2, 0.25) is 5.12 Å². The van der Waals surface area contributed by atoms with Crippen LogP contribution in [-0.2, 0) is 4.79 Å². The molecule has 0 aromatic heterocycles. The van der Waals surface area contributed by atoms with E-state index in [0.29, 0.717) is 28.4 Å². The molecule has 5 rings (SSSR count). The maximum absolute atomic E-state index is 12.1. The molecule has 0 saturated heterocycles. The van der Waals surface area contributed by atoms with Crippen molar-refractivity contribution in [2.45, 2.75) is 71.2 Å². The monoisotopic (exact) mass is 458 g/mol. The summed E-state index contributed by atoms with van der Waals surface area (Å²) >= 11 is 7.79. The van der Waals surface area contributed by atoms with Crippen LogP contribution >= 0.6 is 23.4 Å². The molecule has 3 aliphatic carbocycles. The van der Waals surface area contributed by atoms with Crippen LogP contribution in [0.15, 0.2) is 36.4 Å². The molecular formula is C27H35ClO2S. The second-order valence-electron chi connectivity index (χ2n) is 11.1. The van der Waals surface area contributed by atoms with E-state index in [2.05, 4.69) is 33.8 Å². The van der Waals surface area contributed by atoms with Gasteiger partial charge in [-0.05, 0) is 92.4 Å². The van der Waals surface area contributed by atoms with Crippen LogP contribution in [0.2, 0.25) is 5.02 Å². The summed E-state index contributed by atoms with van der Waals surface area (Å²) in [6.45, 7) is 9.72. The average Bonchev–Trinajstić information content (AvgIpc) is 3.06. The molecule has 0 bridgehead atoms. The summed E-state index contributed by atoms with van der Waals surface area (Å²) in [4.78, 5) is 12.1. The van der Waals surface area contributed by atoms with Crippen molar-refractivity contribution < 1.29 is 9.53 Å². The fourth-order valence-electron chi connectivity index (χ4n) is 8.18. The molecule has 0 radical (unpaired) electrons. The fourth-order valence-corrected chi connectivity index (χ4v) is 9.70. The standard InChI is InChI=1S/C27H35ClO2S/c1-16-14-23-27(4,13-11-24(29)31-23)22-10-12-26(3)20(8-9-21(26)25(16)22)17(2)30-19-7-5-6-18(28)15-19/h5-7,11,13,15-17,20-23,25H,8-10,12,14H2,1-4H3/t16-,17?,20+,21-,22-,23+,25-,26+,27+/m0/s1. The summed E-state index contributed by atoms with van der Waals surface area (Å²) in [5, 5.41) is 1.44. The number of rotatable bonds is 3. The molecule has 1 heterocycles. The van der Waals surface area contributed by atoms with Gasteiger partial charge in [-0.3, -0.25) is 4.79 Å². The van der Waals surface area contributed by atoms with Crippen LogP contribution < -0.4 is 4.74 Å². The van der Waals surface area contributed by atoms with Crippen LogP contribution in [0.25, 0.3) is 0 Å². The molecule has 0 amide bonds. The van der Waals surface area contributed by atoms with Gasteiger partial charge in [-0.25, -0.2) is 0 Å². The van der Waals surface area contributed by atoms with E-state index in [9.17, 15) is 4.79 Å². The van der Waals surface area contributed by atoms with Crippen LogP contribution in [0.4, 0.5) is 0 Å². The Balaban J connectivity index is 1.39. The lowest BCUT2D eigenvalue weighted by Gasteiger charge is -2.60. The Bertz CT molecular complexity index is 899. The molecule has 1 aromatic carbocycles. The Hall–Kier alpha value is -0.930. The van der Waals surface area contributed by atoms with E-state index in [4.69, 9.17) is 16.3 Å². The SMILES string of the molecule is CC(Oc1cccc(Cl)c1)[C@H]1CC[C@H]2[C@@H]3[C@@H](C)C[C@H]4SC(=O)C=C[C@]4(C)[C@H]3CC[C@]12C. The van der Waals surface area contributed by atoms with Crippen molar-refractivity contribution in [2.24, 2.45) is 40.4 Å². The fraction of sp³-hybridized carbons (Fsp3) is 0.667. The number of fused-ring (bicyclic) bond motifs is 5. The summed E-state index contributed by atoms with van der Waals surface area (Å²) in [5.74, 6) is 4.35. The van der Waals surface area contributed by atoms with Crippen LogP contribution in [0.5, 0.6) is 5.75 Å². The number of carbonyl (C=O) groups is 1. The highest BCUT2D eigenvalue weighted by Crippen LogP contribution is 2.68. The van der Waals surface area contributed by atoms with E-state index in [0.717, 1.165) is 22.6 Å². The number of halogens is 1. The molecular weight excluding hydrogens is 424 g/mol. The lowest BCUT2D eigenvalue weighted by molar-refractivity contribution is -0.108. The summed E-state index contributed by atoms with van der Waals surface area (Å²) in [5.41, 5.74) is 0.496. The maximum atomic E-state index is 12.1. The smallest absolute Gasteiger partial charge is 0.212 e. The minimum Gasteiger partial charge on any atom is -0.490 e. The molecule has 3 fully saturated rings. The van der Waals surface area contributed by atoms with Crippen molar-refractivity contribution in [3.8, 4) is 5.75 Å². The zero-order valence-corrected chi connectivity index (χ0v) is 20.7. The first kappa shape index (κ1) is 21.9. The van der Waals surface area contributed by atoms with Gasteiger partial charge in [0.25, 0.3) is 0 Å². The van der Waals surface area contributed by atoms with E-state index in [1.54, 1.807) is 11.8 Å². The quantitative estimate of drug-likeness (QED) is 0.471.